The van der Waals surface area contributed by atoms with E-state index in [1.54, 1.807) is 20.3 Å². The van der Waals surface area contributed by atoms with E-state index in [0.29, 0.717) is 16.7 Å². The number of furan rings is 1. The van der Waals surface area contributed by atoms with Gasteiger partial charge < -0.3 is 19.0 Å². The normalized spacial score (nSPS) is 11.0. The van der Waals surface area contributed by atoms with Crippen molar-refractivity contribution in [2.24, 2.45) is 0 Å². The van der Waals surface area contributed by atoms with Gasteiger partial charge in [0.1, 0.15) is 23.4 Å². The van der Waals surface area contributed by atoms with Crippen LogP contribution < -0.4 is 0 Å². The third-order valence-corrected chi connectivity index (χ3v) is 4.38. The number of amides is 1. The van der Waals surface area contributed by atoms with E-state index in [1.165, 1.54) is 22.7 Å². The number of hydrogen-bond donors (Lipinski definition) is 1. The molecule has 2 aromatic rings. The van der Waals surface area contributed by atoms with E-state index in [0.717, 1.165) is 0 Å². The number of nitrogens with zero attached hydrogens (tertiary/aromatic N) is 4. The molecule has 0 aliphatic heterocycles. The van der Waals surface area contributed by atoms with Crippen molar-refractivity contribution in [2.45, 2.75) is 38.5 Å². The molecule has 0 unspecified atom stereocenters. The van der Waals surface area contributed by atoms with Crippen molar-refractivity contribution in [3.63, 3.8) is 0 Å². The zero-order valence-electron chi connectivity index (χ0n) is 14.0. The van der Waals surface area contributed by atoms with Crippen LogP contribution in [0.1, 0.15) is 41.8 Å². The molecule has 2 heterocycles. The third kappa shape index (κ3) is 4.16. The summed E-state index contributed by atoms with van der Waals surface area (Å²) in [5.41, 5.74) is 0.116. The molecule has 0 radical (unpaired) electrons. The molecule has 24 heavy (non-hydrogen) atoms. The lowest BCUT2D eigenvalue weighted by Crippen LogP contribution is -2.27. The van der Waals surface area contributed by atoms with E-state index in [9.17, 15) is 9.59 Å². The number of carbonyl (C=O) groups excluding carboxylic acids is 1. The van der Waals surface area contributed by atoms with Gasteiger partial charge in [-0.25, -0.2) is 4.79 Å². The Labute approximate surface area is 143 Å². The predicted molar refractivity (Wildman–Crippen MR) is 88.0 cm³/mol. The molecule has 1 amide bonds. The SMILES string of the molecule is Cc1oc(CN(C)C(=O)CSc2nncn2C(C)C)cc1C(=O)O. The standard InChI is InChI=1S/C15H20N4O4S/c1-9(2)19-8-16-17-15(19)24-7-13(20)18(4)6-11-5-12(14(21)22)10(3)23-11/h5,8-9H,6-7H2,1-4H3,(H,21,22). The molecule has 0 spiro atoms. The zero-order chi connectivity index (χ0) is 17.9. The van der Waals surface area contributed by atoms with Gasteiger partial charge >= 0.3 is 5.97 Å². The first-order chi connectivity index (χ1) is 11.3. The lowest BCUT2D eigenvalue weighted by Gasteiger charge is -2.15. The summed E-state index contributed by atoms with van der Waals surface area (Å²) >= 11 is 1.32. The zero-order valence-corrected chi connectivity index (χ0v) is 14.8. The van der Waals surface area contributed by atoms with Crippen LogP contribution in [0.4, 0.5) is 0 Å². The van der Waals surface area contributed by atoms with Gasteiger partial charge in [-0.05, 0) is 26.8 Å². The lowest BCUT2D eigenvalue weighted by atomic mass is 10.2. The Bertz CT molecular complexity index is 738. The first-order valence-electron chi connectivity index (χ1n) is 7.38. The van der Waals surface area contributed by atoms with Crippen LogP contribution in [0.15, 0.2) is 22.0 Å². The van der Waals surface area contributed by atoms with Crippen molar-refractivity contribution < 1.29 is 19.1 Å². The molecule has 0 bridgehead atoms. The first-order valence-corrected chi connectivity index (χ1v) is 8.37. The minimum Gasteiger partial charge on any atom is -0.478 e. The van der Waals surface area contributed by atoms with E-state index >= 15 is 0 Å². The van der Waals surface area contributed by atoms with Gasteiger partial charge in [-0.2, -0.15) is 0 Å². The number of carbonyl (C=O) groups is 2. The van der Waals surface area contributed by atoms with Crippen molar-refractivity contribution >= 4 is 23.6 Å². The van der Waals surface area contributed by atoms with E-state index in [2.05, 4.69) is 10.2 Å². The Kier molecular flexibility index (Phi) is 5.66. The number of carboxylic acid groups (broad SMARTS) is 1. The summed E-state index contributed by atoms with van der Waals surface area (Å²) in [6, 6.07) is 1.67. The lowest BCUT2D eigenvalue weighted by molar-refractivity contribution is -0.127. The van der Waals surface area contributed by atoms with Gasteiger partial charge in [-0.15, -0.1) is 10.2 Å². The Morgan fingerprint density at radius 1 is 1.46 bits per heavy atom. The maximum Gasteiger partial charge on any atom is 0.339 e. The highest BCUT2D eigenvalue weighted by Crippen LogP contribution is 2.20. The molecule has 0 fully saturated rings. The second kappa shape index (κ2) is 7.52. The number of rotatable bonds is 7. The predicted octanol–water partition coefficient (Wildman–Crippen LogP) is 2.21. The van der Waals surface area contributed by atoms with Crippen LogP contribution in [0.5, 0.6) is 0 Å². The van der Waals surface area contributed by atoms with Gasteiger partial charge in [0.15, 0.2) is 5.16 Å². The molecule has 1 N–H and O–H groups in total. The molecule has 0 saturated heterocycles. The van der Waals surface area contributed by atoms with Crippen LogP contribution in [-0.2, 0) is 11.3 Å². The molecule has 8 nitrogen and oxygen atoms in total. The number of aromatic nitrogens is 3. The van der Waals surface area contributed by atoms with E-state index in [4.69, 9.17) is 9.52 Å². The largest absolute Gasteiger partial charge is 0.478 e. The van der Waals surface area contributed by atoms with E-state index in [-0.39, 0.29) is 29.8 Å². The van der Waals surface area contributed by atoms with Crippen molar-refractivity contribution in [1.29, 1.82) is 0 Å². The van der Waals surface area contributed by atoms with Gasteiger partial charge in [0.25, 0.3) is 0 Å². The molecule has 0 aromatic carbocycles. The summed E-state index contributed by atoms with van der Waals surface area (Å²) in [6.07, 6.45) is 1.64. The monoisotopic (exact) mass is 352 g/mol. The summed E-state index contributed by atoms with van der Waals surface area (Å²) in [6.45, 7) is 5.83. The number of aryl methyl sites for hydroxylation is 1. The quantitative estimate of drug-likeness (QED) is 0.762. The first kappa shape index (κ1) is 18.1. The van der Waals surface area contributed by atoms with Crippen LogP contribution in [-0.4, -0.2) is 49.4 Å². The van der Waals surface area contributed by atoms with Crippen molar-refractivity contribution in [3.05, 3.63) is 29.5 Å². The fourth-order valence-electron chi connectivity index (χ4n) is 2.08. The highest BCUT2D eigenvalue weighted by molar-refractivity contribution is 7.99. The molecule has 2 rings (SSSR count). The molecule has 130 valence electrons. The fraction of sp³-hybridized carbons (Fsp3) is 0.467. The Morgan fingerprint density at radius 3 is 2.75 bits per heavy atom. The van der Waals surface area contributed by atoms with Crippen LogP contribution in [0.2, 0.25) is 0 Å². The smallest absolute Gasteiger partial charge is 0.339 e. The Morgan fingerprint density at radius 2 is 2.17 bits per heavy atom. The second-order valence-electron chi connectivity index (χ2n) is 5.64. The van der Waals surface area contributed by atoms with E-state index < -0.39 is 5.97 Å². The summed E-state index contributed by atoms with van der Waals surface area (Å²) in [5, 5.41) is 17.6. The molecule has 9 heteroatoms. The van der Waals surface area contributed by atoms with Crippen LogP contribution in [0, 0.1) is 6.92 Å². The van der Waals surface area contributed by atoms with Gasteiger partial charge in [0.05, 0.1) is 12.3 Å². The highest BCUT2D eigenvalue weighted by Gasteiger charge is 2.18. The van der Waals surface area contributed by atoms with Crippen molar-refractivity contribution in [2.75, 3.05) is 12.8 Å². The number of aromatic carboxylic acids is 1. The molecule has 0 atom stereocenters. The summed E-state index contributed by atoms with van der Waals surface area (Å²) in [7, 11) is 1.65. The van der Waals surface area contributed by atoms with Crippen LogP contribution in [0.3, 0.4) is 0 Å². The maximum absolute atomic E-state index is 12.2. The van der Waals surface area contributed by atoms with Gasteiger partial charge in [-0.1, -0.05) is 11.8 Å². The number of hydrogen-bond acceptors (Lipinski definition) is 6. The van der Waals surface area contributed by atoms with Gasteiger partial charge in [0, 0.05) is 13.1 Å². The summed E-state index contributed by atoms with van der Waals surface area (Å²) in [4.78, 5) is 24.7. The Hall–Kier alpha value is -2.29. The minimum atomic E-state index is -1.04. The van der Waals surface area contributed by atoms with Gasteiger partial charge in [0.2, 0.25) is 5.91 Å². The van der Waals surface area contributed by atoms with Gasteiger partial charge in [-0.3, -0.25) is 4.79 Å². The molecule has 0 aliphatic rings. The van der Waals surface area contributed by atoms with Crippen LogP contribution in [0.25, 0.3) is 0 Å². The third-order valence-electron chi connectivity index (χ3n) is 3.44. The average molecular weight is 352 g/mol. The summed E-state index contributed by atoms with van der Waals surface area (Å²) in [5.74, 6) is -0.161. The molecular weight excluding hydrogens is 332 g/mol. The second-order valence-corrected chi connectivity index (χ2v) is 6.58. The minimum absolute atomic E-state index is 0.107. The van der Waals surface area contributed by atoms with E-state index in [1.807, 2.05) is 18.4 Å². The molecular formula is C15H20N4O4S. The van der Waals surface area contributed by atoms with Crippen molar-refractivity contribution in [3.8, 4) is 0 Å². The number of carboxylic acids is 1. The topological polar surface area (TPSA) is 101 Å². The molecule has 0 saturated carbocycles. The molecule has 2 aromatic heterocycles. The number of thioether (sulfide) groups is 1. The average Bonchev–Trinajstić information content (AvgIpc) is 3.11. The summed E-state index contributed by atoms with van der Waals surface area (Å²) < 4.78 is 7.29. The van der Waals surface area contributed by atoms with Crippen LogP contribution >= 0.6 is 11.8 Å². The highest BCUT2D eigenvalue weighted by atomic mass is 32.2. The Balaban J connectivity index is 1.94. The van der Waals surface area contributed by atoms with Crippen molar-refractivity contribution in [1.82, 2.24) is 19.7 Å². The molecule has 0 aliphatic carbocycles. The maximum atomic E-state index is 12.2. The fourth-order valence-corrected chi connectivity index (χ4v) is 3.07.